The zero-order valence-electron chi connectivity index (χ0n) is 27.3. The molecule has 1 aromatic heterocycles. The highest BCUT2D eigenvalue weighted by Crippen LogP contribution is 2.43. The van der Waals surface area contributed by atoms with Gasteiger partial charge in [0.05, 0.1) is 37.6 Å². The van der Waals surface area contributed by atoms with Crippen molar-refractivity contribution >= 4 is 5.91 Å². The van der Waals surface area contributed by atoms with E-state index in [2.05, 4.69) is 64.6 Å². The summed E-state index contributed by atoms with van der Waals surface area (Å²) in [5, 5.41) is 12.6. The average Bonchev–Trinajstić information content (AvgIpc) is 3.61. The van der Waals surface area contributed by atoms with Gasteiger partial charge < -0.3 is 34.3 Å². The molecule has 3 aromatic carbocycles. The summed E-state index contributed by atoms with van der Waals surface area (Å²) >= 11 is 0. The van der Waals surface area contributed by atoms with Crippen LogP contribution in [0.5, 0.6) is 0 Å². The fourth-order valence-corrected chi connectivity index (χ4v) is 6.95. The first-order valence-corrected chi connectivity index (χ1v) is 16.9. The van der Waals surface area contributed by atoms with Crippen molar-refractivity contribution in [2.75, 3.05) is 32.8 Å². The molecule has 3 saturated heterocycles. The predicted molar refractivity (Wildman–Crippen MR) is 181 cm³/mol. The second-order valence-corrected chi connectivity index (χ2v) is 13.0. The molecular weight excluding hydrogens is 606 g/mol. The summed E-state index contributed by atoms with van der Waals surface area (Å²) in [7, 11) is 0. The highest BCUT2D eigenvalue weighted by Gasteiger charge is 2.43. The normalized spacial score (nSPS) is 24.0. The summed E-state index contributed by atoms with van der Waals surface area (Å²) in [6, 6.07) is 28.1. The highest BCUT2D eigenvalue weighted by molar-refractivity contribution is 5.93. The van der Waals surface area contributed by atoms with Gasteiger partial charge in [-0.05, 0) is 52.1 Å². The standard InChI is InChI=1S/C39H43N3O6/c1-27-35(25-42-17-14-39(15-18-42)45-19-20-46-39)47-38(48-36(27)30-12-10-28(26-43)11-13-30)33-8-3-7-32(22-33)31-6-2-5-29(21-31)23-41-37(44)34-9-4-16-40-24-34/h2-13,16,21-22,24,27,35-36,38,43H,14-15,17-20,23,25-26H2,1H3,(H,41,44)/t27-,35+,36+,38+/m1/s1. The Bertz CT molecular complexity index is 1670. The number of hydrogen-bond acceptors (Lipinski definition) is 8. The van der Waals surface area contributed by atoms with Gasteiger partial charge in [-0.15, -0.1) is 0 Å². The largest absolute Gasteiger partial charge is 0.392 e. The Morgan fingerprint density at radius 3 is 2.38 bits per heavy atom. The summed E-state index contributed by atoms with van der Waals surface area (Å²) in [4.78, 5) is 19.1. The number of aliphatic hydroxyl groups excluding tert-OH is 1. The van der Waals surface area contributed by atoms with Crippen LogP contribution in [0, 0.1) is 5.92 Å². The van der Waals surface area contributed by atoms with Crippen molar-refractivity contribution in [3.8, 4) is 11.1 Å². The predicted octanol–water partition coefficient (Wildman–Crippen LogP) is 5.80. The number of nitrogens with zero attached hydrogens (tertiary/aromatic N) is 2. The molecule has 9 heteroatoms. The van der Waals surface area contributed by atoms with Crippen LogP contribution in [0.2, 0.25) is 0 Å². The van der Waals surface area contributed by atoms with E-state index in [1.54, 1.807) is 24.5 Å². The van der Waals surface area contributed by atoms with Crippen LogP contribution in [-0.4, -0.2) is 65.6 Å². The van der Waals surface area contributed by atoms with Crippen molar-refractivity contribution in [1.82, 2.24) is 15.2 Å². The molecule has 0 radical (unpaired) electrons. The number of benzene rings is 3. The zero-order valence-corrected chi connectivity index (χ0v) is 27.3. The lowest BCUT2D eigenvalue weighted by Crippen LogP contribution is -2.50. The van der Waals surface area contributed by atoms with Crippen LogP contribution >= 0.6 is 0 Å². The molecule has 9 nitrogen and oxygen atoms in total. The van der Waals surface area contributed by atoms with E-state index in [-0.39, 0.29) is 30.6 Å². The van der Waals surface area contributed by atoms with Crippen molar-refractivity contribution in [3.63, 3.8) is 0 Å². The molecule has 1 spiro atoms. The molecule has 3 fully saturated rings. The summed E-state index contributed by atoms with van der Waals surface area (Å²) in [5.74, 6) is -0.477. The van der Waals surface area contributed by atoms with Gasteiger partial charge in [-0.3, -0.25) is 9.78 Å². The van der Waals surface area contributed by atoms with Crippen LogP contribution in [0.1, 0.15) is 64.8 Å². The van der Waals surface area contributed by atoms with Crippen LogP contribution in [0.25, 0.3) is 11.1 Å². The molecule has 48 heavy (non-hydrogen) atoms. The van der Waals surface area contributed by atoms with E-state index in [9.17, 15) is 9.90 Å². The van der Waals surface area contributed by atoms with Crippen LogP contribution in [0.4, 0.5) is 0 Å². The van der Waals surface area contributed by atoms with Crippen molar-refractivity contribution in [3.05, 3.63) is 125 Å². The van der Waals surface area contributed by atoms with Crippen molar-refractivity contribution in [2.24, 2.45) is 5.92 Å². The molecule has 2 N–H and O–H groups in total. The number of pyridine rings is 1. The topological polar surface area (TPSA) is 102 Å². The number of aromatic nitrogens is 1. The maximum atomic E-state index is 12.6. The fourth-order valence-electron chi connectivity index (χ4n) is 6.95. The molecule has 4 aromatic rings. The molecule has 4 atom stereocenters. The number of piperidine rings is 1. The van der Waals surface area contributed by atoms with Crippen LogP contribution in [0.15, 0.2) is 97.3 Å². The molecule has 3 aliphatic rings. The number of nitrogens with one attached hydrogen (secondary N) is 1. The third kappa shape index (κ3) is 7.37. The number of carbonyl (C=O) groups excluding carboxylic acids is 1. The van der Waals surface area contributed by atoms with Gasteiger partial charge in [-0.2, -0.15) is 0 Å². The first kappa shape index (κ1) is 32.6. The SMILES string of the molecule is C[C@@H]1[C@H](CN2CCC3(CC2)OCCO3)O[C@H](c2cccc(-c3cccc(CNC(=O)c4cccnc4)c3)c2)O[C@@H]1c1ccc(CO)cc1. The Kier molecular flexibility index (Phi) is 9.95. The summed E-state index contributed by atoms with van der Waals surface area (Å²) < 4.78 is 25.5. The maximum Gasteiger partial charge on any atom is 0.253 e. The zero-order chi connectivity index (χ0) is 32.9. The Labute approximate surface area is 281 Å². The Morgan fingerprint density at radius 1 is 0.896 bits per heavy atom. The number of rotatable bonds is 9. The van der Waals surface area contributed by atoms with Gasteiger partial charge in [-0.1, -0.05) is 67.6 Å². The summed E-state index contributed by atoms with van der Waals surface area (Å²) in [6.45, 7) is 6.52. The minimum absolute atomic E-state index is 0.00443. The number of ether oxygens (including phenoxy) is 4. The number of hydrogen-bond donors (Lipinski definition) is 2. The number of carbonyl (C=O) groups is 1. The molecule has 0 saturated carbocycles. The lowest BCUT2D eigenvalue weighted by atomic mass is 9.89. The van der Waals surface area contributed by atoms with Gasteiger partial charge >= 0.3 is 0 Å². The lowest BCUT2D eigenvalue weighted by molar-refractivity contribution is -0.278. The maximum absolute atomic E-state index is 12.6. The van der Waals surface area contributed by atoms with E-state index in [0.717, 1.165) is 65.9 Å². The third-order valence-corrected chi connectivity index (χ3v) is 9.79. The molecule has 250 valence electrons. The molecule has 0 bridgehead atoms. The summed E-state index contributed by atoms with van der Waals surface area (Å²) in [6.07, 6.45) is 4.11. The molecule has 7 rings (SSSR count). The van der Waals surface area contributed by atoms with Gasteiger partial charge in [0.15, 0.2) is 12.1 Å². The van der Waals surface area contributed by atoms with Crippen LogP contribution < -0.4 is 5.32 Å². The van der Waals surface area contributed by atoms with E-state index in [1.165, 1.54) is 0 Å². The Hall–Kier alpha value is -3.96. The molecule has 4 heterocycles. The first-order valence-electron chi connectivity index (χ1n) is 16.9. The third-order valence-electron chi connectivity index (χ3n) is 9.79. The molecular formula is C39H43N3O6. The van der Waals surface area contributed by atoms with Gasteiger partial charge in [0.2, 0.25) is 0 Å². The molecule has 0 unspecified atom stereocenters. The number of aliphatic hydroxyl groups is 1. The second kappa shape index (κ2) is 14.7. The van der Waals surface area contributed by atoms with E-state index < -0.39 is 12.1 Å². The second-order valence-electron chi connectivity index (χ2n) is 13.0. The lowest BCUT2D eigenvalue weighted by Gasteiger charge is -2.44. The van der Waals surface area contributed by atoms with Crippen molar-refractivity contribution in [2.45, 2.75) is 57.2 Å². The minimum Gasteiger partial charge on any atom is -0.392 e. The quantitative estimate of drug-likeness (QED) is 0.235. The van der Waals surface area contributed by atoms with E-state index in [4.69, 9.17) is 18.9 Å². The smallest absolute Gasteiger partial charge is 0.253 e. The van der Waals surface area contributed by atoms with Crippen LogP contribution in [-0.2, 0) is 32.1 Å². The number of amides is 1. The fraction of sp³-hybridized carbons (Fsp3) is 0.385. The highest BCUT2D eigenvalue weighted by atomic mass is 16.7. The monoisotopic (exact) mass is 649 g/mol. The Morgan fingerprint density at radius 2 is 1.65 bits per heavy atom. The van der Waals surface area contributed by atoms with Gasteiger partial charge in [0.25, 0.3) is 5.91 Å². The summed E-state index contributed by atoms with van der Waals surface area (Å²) in [5.41, 5.74) is 6.50. The van der Waals surface area contributed by atoms with E-state index in [1.807, 2.05) is 30.3 Å². The van der Waals surface area contributed by atoms with E-state index >= 15 is 0 Å². The van der Waals surface area contributed by atoms with Crippen molar-refractivity contribution < 1.29 is 28.8 Å². The van der Waals surface area contributed by atoms with Gasteiger partial charge in [-0.25, -0.2) is 0 Å². The minimum atomic E-state index is -0.562. The Balaban J connectivity index is 1.09. The van der Waals surface area contributed by atoms with E-state index in [0.29, 0.717) is 25.3 Å². The van der Waals surface area contributed by atoms with Crippen LogP contribution in [0.3, 0.4) is 0 Å². The first-order chi connectivity index (χ1) is 23.5. The molecule has 0 aliphatic carbocycles. The molecule has 3 aliphatic heterocycles. The van der Waals surface area contributed by atoms with Gasteiger partial charge in [0.1, 0.15) is 0 Å². The number of likely N-dealkylation sites (tertiary alicyclic amines) is 1. The molecule has 1 amide bonds. The average molecular weight is 650 g/mol. The van der Waals surface area contributed by atoms with Gasteiger partial charge in [0, 0.05) is 62.9 Å². The van der Waals surface area contributed by atoms with Crippen molar-refractivity contribution in [1.29, 1.82) is 0 Å².